The summed E-state index contributed by atoms with van der Waals surface area (Å²) in [7, 11) is 0. The van der Waals surface area contributed by atoms with E-state index < -0.39 is 0 Å². The van der Waals surface area contributed by atoms with Gasteiger partial charge in [0.1, 0.15) is 12.7 Å². The second kappa shape index (κ2) is 3.67. The Morgan fingerprint density at radius 2 is 2.33 bits per heavy atom. The number of allylic oxidation sites excluding steroid dienone is 4. The van der Waals surface area contributed by atoms with Gasteiger partial charge in [0.2, 0.25) is 0 Å². The van der Waals surface area contributed by atoms with Gasteiger partial charge in [-0.15, -0.1) is 0 Å². The summed E-state index contributed by atoms with van der Waals surface area (Å²) in [6.07, 6.45) is 6.69. The fourth-order valence-electron chi connectivity index (χ4n) is 0.801. The summed E-state index contributed by atoms with van der Waals surface area (Å²) < 4.78 is 1.62. The van der Waals surface area contributed by atoms with Gasteiger partial charge in [0.05, 0.1) is 5.70 Å². The van der Waals surface area contributed by atoms with E-state index in [1.807, 2.05) is 13.0 Å². The lowest BCUT2D eigenvalue weighted by molar-refractivity contribution is 0.901. The first-order valence-corrected chi connectivity index (χ1v) is 3.59. The quantitative estimate of drug-likeness (QED) is 0.634. The summed E-state index contributed by atoms with van der Waals surface area (Å²) in [5, 5.41) is 3.95. The Bertz CT molecular complexity index is 307. The lowest BCUT2D eigenvalue weighted by Crippen LogP contribution is -1.96. The van der Waals surface area contributed by atoms with Crippen LogP contribution in [0.4, 0.5) is 0 Å². The van der Waals surface area contributed by atoms with Gasteiger partial charge in [0, 0.05) is 0 Å². The van der Waals surface area contributed by atoms with Crippen molar-refractivity contribution in [3.63, 3.8) is 0 Å². The minimum Gasteiger partial charge on any atom is -0.223 e. The van der Waals surface area contributed by atoms with Crippen LogP contribution in [0, 0.1) is 0 Å². The van der Waals surface area contributed by atoms with Crippen LogP contribution in [0.3, 0.4) is 0 Å². The van der Waals surface area contributed by atoms with Crippen molar-refractivity contribution in [2.75, 3.05) is 0 Å². The van der Waals surface area contributed by atoms with Gasteiger partial charge < -0.3 is 0 Å². The van der Waals surface area contributed by atoms with Gasteiger partial charge in [-0.05, 0) is 12.5 Å². The molecule has 0 unspecified atom stereocenters. The van der Waals surface area contributed by atoms with Crippen molar-refractivity contribution >= 4 is 5.70 Å². The smallest absolute Gasteiger partial charge is 0.138 e. The average molecular weight is 161 g/mol. The molecule has 0 saturated heterocycles. The normalized spacial score (nSPS) is 11.2. The van der Waals surface area contributed by atoms with E-state index >= 15 is 0 Å². The Morgan fingerprint density at radius 1 is 1.58 bits per heavy atom. The van der Waals surface area contributed by atoms with Crippen molar-refractivity contribution in [1.29, 1.82) is 0 Å². The van der Waals surface area contributed by atoms with E-state index in [-0.39, 0.29) is 0 Å². The Labute approximate surface area is 71.7 Å². The van der Waals surface area contributed by atoms with Gasteiger partial charge in [-0.3, -0.25) is 0 Å². The Kier molecular flexibility index (Phi) is 2.58. The maximum Gasteiger partial charge on any atom is 0.138 e. The van der Waals surface area contributed by atoms with Crippen molar-refractivity contribution < 1.29 is 0 Å². The summed E-state index contributed by atoms with van der Waals surface area (Å²) in [6.45, 7) is 9.41. The zero-order chi connectivity index (χ0) is 8.97. The van der Waals surface area contributed by atoms with Gasteiger partial charge >= 0.3 is 0 Å². The molecule has 12 heavy (non-hydrogen) atoms. The molecule has 0 fully saturated rings. The highest BCUT2D eigenvalue weighted by molar-refractivity contribution is 5.60. The van der Waals surface area contributed by atoms with Crippen LogP contribution >= 0.6 is 0 Å². The van der Waals surface area contributed by atoms with E-state index in [0.717, 1.165) is 11.3 Å². The standard InChI is InChI=1S/C9H11N3/c1-4-5-8(2)9(3)12-7-10-6-11-12/h4-7H,1,3H2,2H3/b8-5-. The van der Waals surface area contributed by atoms with E-state index in [1.165, 1.54) is 6.33 Å². The van der Waals surface area contributed by atoms with E-state index in [0.29, 0.717) is 0 Å². The molecule has 0 aliphatic carbocycles. The van der Waals surface area contributed by atoms with Gasteiger partial charge in [-0.2, -0.15) is 5.10 Å². The predicted octanol–water partition coefficient (Wildman–Crippen LogP) is 1.88. The van der Waals surface area contributed by atoms with Crippen LogP contribution in [-0.2, 0) is 0 Å². The van der Waals surface area contributed by atoms with E-state index in [4.69, 9.17) is 0 Å². The molecule has 1 aromatic rings. The number of nitrogens with zero attached hydrogens (tertiary/aromatic N) is 3. The zero-order valence-electron chi connectivity index (χ0n) is 7.07. The molecule has 0 aromatic carbocycles. The first-order chi connectivity index (χ1) is 5.75. The molecular weight excluding hydrogens is 150 g/mol. The molecule has 3 nitrogen and oxygen atoms in total. The molecular formula is C9H11N3. The summed E-state index contributed by atoms with van der Waals surface area (Å²) >= 11 is 0. The molecule has 3 heteroatoms. The van der Waals surface area contributed by atoms with Crippen LogP contribution in [0.2, 0.25) is 0 Å². The van der Waals surface area contributed by atoms with Crippen molar-refractivity contribution in [2.45, 2.75) is 6.92 Å². The van der Waals surface area contributed by atoms with Gasteiger partial charge in [-0.25, -0.2) is 9.67 Å². The third-order valence-corrected chi connectivity index (χ3v) is 1.52. The highest BCUT2D eigenvalue weighted by Gasteiger charge is 1.98. The number of aromatic nitrogens is 3. The molecule has 0 atom stereocenters. The molecule has 0 bridgehead atoms. The number of hydrogen-bond acceptors (Lipinski definition) is 2. The van der Waals surface area contributed by atoms with E-state index in [2.05, 4.69) is 23.2 Å². The molecule has 62 valence electrons. The first kappa shape index (κ1) is 8.46. The molecule has 0 N–H and O–H groups in total. The Morgan fingerprint density at radius 3 is 2.83 bits per heavy atom. The van der Waals surface area contributed by atoms with E-state index in [9.17, 15) is 0 Å². The van der Waals surface area contributed by atoms with Gasteiger partial charge in [-0.1, -0.05) is 25.3 Å². The van der Waals surface area contributed by atoms with Crippen LogP contribution < -0.4 is 0 Å². The Balaban J connectivity index is 2.86. The third kappa shape index (κ3) is 1.69. The van der Waals surface area contributed by atoms with Crippen molar-refractivity contribution in [3.05, 3.63) is 43.5 Å². The number of rotatable bonds is 3. The van der Waals surface area contributed by atoms with Crippen molar-refractivity contribution in [1.82, 2.24) is 14.8 Å². The molecule has 0 saturated carbocycles. The molecule has 0 aliphatic rings. The second-order valence-corrected chi connectivity index (χ2v) is 2.37. The van der Waals surface area contributed by atoms with Crippen LogP contribution in [0.15, 0.2) is 43.5 Å². The first-order valence-electron chi connectivity index (χ1n) is 3.59. The maximum atomic E-state index is 3.95. The maximum absolute atomic E-state index is 3.95. The van der Waals surface area contributed by atoms with Crippen LogP contribution in [0.1, 0.15) is 6.92 Å². The minimum absolute atomic E-state index is 0.812. The molecule has 1 heterocycles. The van der Waals surface area contributed by atoms with Crippen LogP contribution in [0.25, 0.3) is 5.70 Å². The largest absolute Gasteiger partial charge is 0.223 e. The highest BCUT2D eigenvalue weighted by Crippen LogP contribution is 2.10. The van der Waals surface area contributed by atoms with Gasteiger partial charge in [0.15, 0.2) is 0 Å². The molecule has 1 aromatic heterocycles. The lowest BCUT2D eigenvalue weighted by Gasteiger charge is -2.03. The molecule has 0 aliphatic heterocycles. The third-order valence-electron chi connectivity index (χ3n) is 1.52. The summed E-state index contributed by atoms with van der Waals surface area (Å²) in [5.41, 5.74) is 1.84. The highest BCUT2D eigenvalue weighted by atomic mass is 15.3. The van der Waals surface area contributed by atoms with Crippen LogP contribution in [-0.4, -0.2) is 14.8 Å². The van der Waals surface area contributed by atoms with Gasteiger partial charge in [0.25, 0.3) is 0 Å². The lowest BCUT2D eigenvalue weighted by atomic mass is 10.2. The summed E-state index contributed by atoms with van der Waals surface area (Å²) in [4.78, 5) is 3.82. The molecule has 0 amide bonds. The molecule has 0 radical (unpaired) electrons. The average Bonchev–Trinajstić information content (AvgIpc) is 2.55. The predicted molar refractivity (Wildman–Crippen MR) is 49.3 cm³/mol. The molecule has 1 rings (SSSR count). The van der Waals surface area contributed by atoms with Crippen molar-refractivity contribution in [3.8, 4) is 0 Å². The number of hydrogen-bond donors (Lipinski definition) is 0. The monoisotopic (exact) mass is 161 g/mol. The molecule has 0 spiro atoms. The topological polar surface area (TPSA) is 30.7 Å². The fraction of sp³-hybridized carbons (Fsp3) is 0.111. The minimum atomic E-state index is 0.812. The fourth-order valence-corrected chi connectivity index (χ4v) is 0.801. The SMILES string of the molecule is C=C/C=C(/C)C(=C)n1cncn1. The van der Waals surface area contributed by atoms with E-state index in [1.54, 1.807) is 17.1 Å². The van der Waals surface area contributed by atoms with Crippen molar-refractivity contribution in [2.24, 2.45) is 0 Å². The Hall–Kier alpha value is -1.64. The van der Waals surface area contributed by atoms with Crippen LogP contribution in [0.5, 0.6) is 0 Å². The zero-order valence-corrected chi connectivity index (χ0v) is 7.07. The second-order valence-electron chi connectivity index (χ2n) is 2.37. The summed E-state index contributed by atoms with van der Waals surface area (Å²) in [5.74, 6) is 0. The summed E-state index contributed by atoms with van der Waals surface area (Å²) in [6, 6.07) is 0.